The molecule has 0 fully saturated rings. The van der Waals surface area contributed by atoms with Gasteiger partial charge in [0, 0.05) is 6.42 Å². The van der Waals surface area contributed by atoms with Gasteiger partial charge in [-0.1, -0.05) is 93.8 Å². The van der Waals surface area contributed by atoms with E-state index in [0.29, 0.717) is 12.5 Å². The Morgan fingerprint density at radius 3 is 1.89 bits per heavy atom. The van der Waals surface area contributed by atoms with Crippen molar-refractivity contribution in [1.82, 2.24) is 0 Å². The Morgan fingerprint density at radius 2 is 1.48 bits per heavy atom. The third-order valence-electron chi connectivity index (χ3n) is 4.76. The second-order valence-corrected chi connectivity index (χ2v) is 10.2. The van der Waals surface area contributed by atoms with Crippen LogP contribution in [0.15, 0.2) is 60.7 Å². The van der Waals surface area contributed by atoms with Crippen molar-refractivity contribution in [3.05, 3.63) is 60.7 Å². The van der Waals surface area contributed by atoms with Crippen LogP contribution >= 0.6 is 0 Å². The summed E-state index contributed by atoms with van der Waals surface area (Å²) >= 11 is 0. The van der Waals surface area contributed by atoms with Crippen LogP contribution in [0.3, 0.4) is 0 Å². The number of hydrogen-bond acceptors (Lipinski definition) is 3. The normalized spacial score (nSPS) is 13.8. The van der Waals surface area contributed by atoms with Gasteiger partial charge in [-0.15, -0.1) is 0 Å². The van der Waals surface area contributed by atoms with Gasteiger partial charge in [-0.25, -0.2) is 9.18 Å². The molecule has 2 aromatic rings. The Labute approximate surface area is 162 Å². The van der Waals surface area contributed by atoms with E-state index in [1.807, 2.05) is 67.6 Å². The smallest absolute Gasteiger partial charge is 0.370 e. The van der Waals surface area contributed by atoms with Crippen molar-refractivity contribution in [2.24, 2.45) is 0 Å². The average Bonchev–Trinajstić information content (AvgIpc) is 2.72. The number of carbonyl (C=O) groups excluding carboxylic acids is 1. The molecule has 0 heterocycles. The highest BCUT2D eigenvalue weighted by Crippen LogP contribution is 2.30. The van der Waals surface area contributed by atoms with E-state index in [1.165, 1.54) is 7.11 Å². The highest BCUT2D eigenvalue weighted by molar-refractivity contribution is 6.97. The number of methoxy groups -OCH3 is 1. The molecule has 5 heteroatoms. The molecule has 0 bridgehead atoms. The number of rotatable bonds is 10. The summed E-state index contributed by atoms with van der Waals surface area (Å²) < 4.78 is 26.9. The standard InChI is InChI=1S/C22H29FO3Si/c1-4-6-18-27(19-13-9-7-10-14-19,20-15-11-8-12-16-20)26-22(23,17-5-2)21(24)25-3/h7-16H,4-6,17-18H2,1-3H3. The van der Waals surface area contributed by atoms with E-state index in [9.17, 15) is 4.79 Å². The minimum Gasteiger partial charge on any atom is -0.465 e. The van der Waals surface area contributed by atoms with E-state index in [2.05, 4.69) is 6.92 Å². The Morgan fingerprint density at radius 1 is 0.963 bits per heavy atom. The third kappa shape index (κ3) is 4.85. The highest BCUT2D eigenvalue weighted by atomic mass is 28.4. The largest absolute Gasteiger partial charge is 0.465 e. The maximum absolute atomic E-state index is 15.8. The van der Waals surface area contributed by atoms with Crippen molar-refractivity contribution in [2.45, 2.75) is 51.4 Å². The molecule has 1 unspecified atom stereocenters. The van der Waals surface area contributed by atoms with Gasteiger partial charge in [0.2, 0.25) is 0 Å². The van der Waals surface area contributed by atoms with Crippen molar-refractivity contribution >= 4 is 24.7 Å². The molecule has 0 radical (unpaired) electrons. The molecule has 0 spiro atoms. The number of halogens is 1. The molecule has 0 saturated carbocycles. The molecule has 0 aromatic heterocycles. The fourth-order valence-electron chi connectivity index (χ4n) is 3.41. The zero-order valence-electron chi connectivity index (χ0n) is 16.4. The van der Waals surface area contributed by atoms with Crippen LogP contribution in [-0.2, 0) is 14.0 Å². The predicted octanol–water partition coefficient (Wildman–Crippen LogP) is 4.20. The monoisotopic (exact) mass is 388 g/mol. The fraction of sp³-hybridized carbons (Fsp3) is 0.409. The van der Waals surface area contributed by atoms with Gasteiger partial charge in [-0.2, -0.15) is 0 Å². The average molecular weight is 389 g/mol. The molecule has 0 N–H and O–H groups in total. The molecule has 2 aromatic carbocycles. The van der Waals surface area contributed by atoms with Crippen molar-refractivity contribution in [2.75, 3.05) is 7.11 Å². The van der Waals surface area contributed by atoms with E-state index < -0.39 is 20.1 Å². The number of esters is 1. The third-order valence-corrected chi connectivity index (χ3v) is 9.02. The predicted molar refractivity (Wildman–Crippen MR) is 109 cm³/mol. The van der Waals surface area contributed by atoms with Gasteiger partial charge in [0.15, 0.2) is 0 Å². The Hall–Kier alpha value is -1.98. The quantitative estimate of drug-likeness (QED) is 0.452. The molecular weight excluding hydrogens is 359 g/mol. The van der Waals surface area contributed by atoms with E-state index in [0.717, 1.165) is 23.2 Å². The van der Waals surface area contributed by atoms with Gasteiger partial charge in [0.05, 0.1) is 7.11 Å². The van der Waals surface area contributed by atoms with Crippen LogP contribution in [0.1, 0.15) is 39.5 Å². The summed E-state index contributed by atoms with van der Waals surface area (Å²) in [6, 6.07) is 20.3. The van der Waals surface area contributed by atoms with Gasteiger partial charge >= 0.3 is 5.97 Å². The molecule has 3 nitrogen and oxygen atoms in total. The summed E-state index contributed by atoms with van der Waals surface area (Å²) in [7, 11) is -1.79. The van der Waals surface area contributed by atoms with Crippen LogP contribution in [0.2, 0.25) is 6.04 Å². The highest BCUT2D eigenvalue weighted by Gasteiger charge is 2.51. The molecule has 27 heavy (non-hydrogen) atoms. The number of unbranched alkanes of at least 4 members (excludes halogenated alkanes) is 1. The molecule has 0 aliphatic carbocycles. The SMILES string of the molecule is CCCC[Si](OC(F)(CCC)C(=O)OC)(c1ccccc1)c1ccccc1. The Kier molecular flexibility index (Phi) is 7.74. The summed E-state index contributed by atoms with van der Waals surface area (Å²) in [4.78, 5) is 12.3. The summed E-state index contributed by atoms with van der Waals surface area (Å²) in [5.41, 5.74) is 0. The van der Waals surface area contributed by atoms with Gasteiger partial charge in [-0.3, -0.25) is 0 Å². The summed E-state index contributed by atoms with van der Waals surface area (Å²) in [6.07, 6.45) is 2.30. The van der Waals surface area contributed by atoms with Gasteiger partial charge in [0.1, 0.15) is 0 Å². The van der Waals surface area contributed by atoms with Crippen LogP contribution in [0.25, 0.3) is 0 Å². The zero-order valence-corrected chi connectivity index (χ0v) is 17.4. The van der Waals surface area contributed by atoms with E-state index in [-0.39, 0.29) is 6.42 Å². The topological polar surface area (TPSA) is 35.5 Å². The molecule has 0 saturated heterocycles. The van der Waals surface area contributed by atoms with Crippen LogP contribution in [-0.4, -0.2) is 27.3 Å². The summed E-state index contributed by atoms with van der Waals surface area (Å²) in [6.45, 7) is 3.94. The number of benzene rings is 2. The van der Waals surface area contributed by atoms with E-state index in [1.54, 1.807) is 0 Å². The minimum atomic E-state index is -3.00. The molecule has 0 aliphatic heterocycles. The minimum absolute atomic E-state index is 0.0276. The van der Waals surface area contributed by atoms with Crippen molar-refractivity contribution in [3.63, 3.8) is 0 Å². The van der Waals surface area contributed by atoms with Crippen LogP contribution in [0, 0.1) is 0 Å². The van der Waals surface area contributed by atoms with Gasteiger partial charge in [-0.05, 0) is 16.4 Å². The summed E-state index contributed by atoms with van der Waals surface area (Å²) in [5.74, 6) is -3.40. The molecular formula is C22H29FO3Si. The van der Waals surface area contributed by atoms with Crippen LogP contribution < -0.4 is 10.4 Å². The molecule has 2 rings (SSSR count). The van der Waals surface area contributed by atoms with Gasteiger partial charge in [0.25, 0.3) is 14.2 Å². The molecule has 0 aliphatic rings. The molecule has 0 amide bonds. The first-order valence-corrected chi connectivity index (χ1v) is 11.7. The lowest BCUT2D eigenvalue weighted by atomic mass is 10.2. The first-order chi connectivity index (χ1) is 13.0. The van der Waals surface area contributed by atoms with E-state index >= 15 is 4.39 Å². The Balaban J connectivity index is 2.64. The molecule has 146 valence electrons. The second-order valence-electron chi connectivity index (χ2n) is 6.73. The van der Waals surface area contributed by atoms with Crippen LogP contribution in [0.5, 0.6) is 0 Å². The number of ether oxygens (including phenoxy) is 1. The lowest BCUT2D eigenvalue weighted by Crippen LogP contribution is -2.65. The zero-order chi connectivity index (χ0) is 19.8. The van der Waals surface area contributed by atoms with Crippen molar-refractivity contribution in [3.8, 4) is 0 Å². The van der Waals surface area contributed by atoms with Crippen LogP contribution in [0.4, 0.5) is 4.39 Å². The lowest BCUT2D eigenvalue weighted by Gasteiger charge is -2.38. The number of carbonyl (C=O) groups is 1. The fourth-order valence-corrected chi connectivity index (χ4v) is 7.71. The Bertz CT molecular complexity index is 669. The maximum Gasteiger partial charge on any atom is 0.370 e. The number of hydrogen-bond donors (Lipinski definition) is 0. The lowest BCUT2D eigenvalue weighted by molar-refractivity contribution is -0.180. The maximum atomic E-state index is 15.8. The summed E-state index contributed by atoms with van der Waals surface area (Å²) in [5, 5.41) is 1.93. The number of alkyl halides is 1. The van der Waals surface area contributed by atoms with Crippen molar-refractivity contribution < 1.29 is 18.3 Å². The van der Waals surface area contributed by atoms with Crippen molar-refractivity contribution in [1.29, 1.82) is 0 Å². The first-order valence-electron chi connectivity index (χ1n) is 9.61. The second kappa shape index (κ2) is 9.81. The van der Waals surface area contributed by atoms with E-state index in [4.69, 9.17) is 9.16 Å². The molecule has 1 atom stereocenters. The first kappa shape index (κ1) is 21.3. The van der Waals surface area contributed by atoms with Gasteiger partial charge < -0.3 is 9.16 Å².